The van der Waals surface area contributed by atoms with Crippen LogP contribution >= 0.6 is 0 Å². The lowest BCUT2D eigenvalue weighted by molar-refractivity contribution is 1.13. The van der Waals surface area contributed by atoms with E-state index in [1.807, 2.05) is 0 Å². The Hall–Kier alpha value is -6.39. The van der Waals surface area contributed by atoms with E-state index in [-0.39, 0.29) is 0 Å². The van der Waals surface area contributed by atoms with Gasteiger partial charge in [-0.15, -0.1) is 0 Å². The first-order valence-corrected chi connectivity index (χ1v) is 16.1. The van der Waals surface area contributed by atoms with Crippen LogP contribution in [0.2, 0.25) is 0 Å². The van der Waals surface area contributed by atoms with Crippen LogP contribution in [0.25, 0.3) is 93.3 Å². The Kier molecular flexibility index (Phi) is 4.81. The van der Waals surface area contributed by atoms with Gasteiger partial charge in [-0.2, -0.15) is 0 Å². The molecule has 0 aliphatic rings. The minimum atomic E-state index is 0.997. The van der Waals surface area contributed by atoms with Crippen molar-refractivity contribution in [3.05, 3.63) is 158 Å². The zero-order chi connectivity index (χ0) is 30.6. The van der Waals surface area contributed by atoms with Crippen molar-refractivity contribution < 1.29 is 0 Å². The maximum absolute atomic E-state index is 5.12. The number of imidazole rings is 1. The molecular weight excluding hydrogens is 573 g/mol. The van der Waals surface area contributed by atoms with E-state index in [0.29, 0.717) is 0 Å². The molecular formula is C43H26N4. The van der Waals surface area contributed by atoms with Crippen LogP contribution in [0.15, 0.2) is 158 Å². The number of hydrogen-bond donors (Lipinski definition) is 0. The van der Waals surface area contributed by atoms with Gasteiger partial charge in [0.15, 0.2) is 0 Å². The van der Waals surface area contributed by atoms with E-state index in [1.54, 1.807) is 0 Å². The molecule has 0 spiro atoms. The predicted molar refractivity (Wildman–Crippen MR) is 196 cm³/mol. The highest BCUT2D eigenvalue weighted by Gasteiger charge is 2.20. The van der Waals surface area contributed by atoms with Crippen molar-refractivity contribution in [2.45, 2.75) is 0 Å². The van der Waals surface area contributed by atoms with Gasteiger partial charge in [-0.05, 0) is 66.0 Å². The number of nitrogens with zero attached hydrogens (tertiary/aromatic N) is 4. The van der Waals surface area contributed by atoms with Gasteiger partial charge in [-0.3, -0.25) is 4.40 Å². The van der Waals surface area contributed by atoms with Crippen molar-refractivity contribution in [2.75, 3.05) is 0 Å². The Balaban J connectivity index is 1.27. The summed E-state index contributed by atoms with van der Waals surface area (Å²) < 4.78 is 7.18. The second-order valence-corrected chi connectivity index (χ2v) is 12.4. The predicted octanol–water partition coefficient (Wildman–Crippen LogP) is 11.0. The first-order chi connectivity index (χ1) is 23.3. The maximum atomic E-state index is 5.12. The molecule has 11 rings (SSSR count). The molecule has 4 nitrogen and oxygen atoms in total. The van der Waals surface area contributed by atoms with E-state index < -0.39 is 0 Å². The van der Waals surface area contributed by atoms with Crippen LogP contribution in [0.5, 0.6) is 0 Å². The highest BCUT2D eigenvalue weighted by atomic mass is 15.0. The van der Waals surface area contributed by atoms with E-state index in [1.165, 1.54) is 59.9 Å². The first kappa shape index (κ1) is 24.9. The van der Waals surface area contributed by atoms with Crippen LogP contribution in [0.3, 0.4) is 0 Å². The van der Waals surface area contributed by atoms with E-state index in [2.05, 4.69) is 171 Å². The number of fused-ring (bicyclic) bond motifs is 15. The van der Waals surface area contributed by atoms with Gasteiger partial charge in [0, 0.05) is 43.7 Å². The van der Waals surface area contributed by atoms with Crippen molar-refractivity contribution in [3.8, 4) is 11.4 Å². The fourth-order valence-electron chi connectivity index (χ4n) is 8.11. The molecule has 0 radical (unpaired) electrons. The van der Waals surface area contributed by atoms with E-state index in [0.717, 1.165) is 33.4 Å². The number of rotatable bonds is 2. The van der Waals surface area contributed by atoms with Crippen molar-refractivity contribution in [1.82, 2.24) is 18.5 Å². The second kappa shape index (κ2) is 9.09. The van der Waals surface area contributed by atoms with Gasteiger partial charge < -0.3 is 9.13 Å². The van der Waals surface area contributed by atoms with Crippen molar-refractivity contribution >= 4 is 82.0 Å². The molecule has 0 aliphatic carbocycles. The Morgan fingerprint density at radius 2 is 0.830 bits per heavy atom. The molecule has 218 valence electrons. The standard InChI is InChI=1S/C43H26N4/c1-2-17-32-31(16-1)41-40(47-38-23-10-6-19-34(38)44-43(32)47)25-24-39-42(41)33-18-5-9-22-37(33)46(39)28-13-11-12-27(26-28)45-35-20-7-3-14-29(35)30-15-4-8-21-36(30)45/h1-26H. The average Bonchev–Trinajstić information content (AvgIpc) is 3.80. The Morgan fingerprint density at radius 1 is 0.340 bits per heavy atom. The summed E-state index contributed by atoms with van der Waals surface area (Å²) in [5, 5.41) is 8.67. The average molecular weight is 599 g/mol. The molecule has 4 aromatic heterocycles. The summed E-state index contributed by atoms with van der Waals surface area (Å²) in [7, 11) is 0. The lowest BCUT2D eigenvalue weighted by atomic mass is 10.0. The Labute approximate surface area is 268 Å². The summed E-state index contributed by atoms with van der Waals surface area (Å²) in [4.78, 5) is 5.12. The normalized spacial score (nSPS) is 12.3. The minimum Gasteiger partial charge on any atom is -0.309 e. The molecule has 0 saturated heterocycles. The summed E-state index contributed by atoms with van der Waals surface area (Å²) in [5.74, 6) is 0. The fourth-order valence-corrected chi connectivity index (χ4v) is 8.11. The molecule has 7 aromatic carbocycles. The van der Waals surface area contributed by atoms with Crippen LogP contribution < -0.4 is 0 Å². The molecule has 0 fully saturated rings. The molecule has 4 heteroatoms. The third-order valence-electron chi connectivity index (χ3n) is 9.98. The van der Waals surface area contributed by atoms with Crippen LogP contribution in [-0.2, 0) is 0 Å². The van der Waals surface area contributed by atoms with Gasteiger partial charge in [0.2, 0.25) is 0 Å². The summed E-state index contributed by atoms with van der Waals surface area (Å²) in [6.07, 6.45) is 0. The Morgan fingerprint density at radius 3 is 1.53 bits per heavy atom. The van der Waals surface area contributed by atoms with Crippen LogP contribution in [-0.4, -0.2) is 18.5 Å². The summed E-state index contributed by atoms with van der Waals surface area (Å²) in [6.45, 7) is 0. The molecule has 0 saturated carbocycles. The highest BCUT2D eigenvalue weighted by molar-refractivity contribution is 6.29. The van der Waals surface area contributed by atoms with E-state index in [4.69, 9.17) is 4.98 Å². The van der Waals surface area contributed by atoms with Crippen molar-refractivity contribution in [1.29, 1.82) is 0 Å². The quantitative estimate of drug-likeness (QED) is 0.182. The molecule has 0 amide bonds. The molecule has 11 aromatic rings. The smallest absolute Gasteiger partial charge is 0.146 e. The monoisotopic (exact) mass is 598 g/mol. The van der Waals surface area contributed by atoms with Crippen LogP contribution in [0.4, 0.5) is 0 Å². The molecule has 4 heterocycles. The zero-order valence-electron chi connectivity index (χ0n) is 25.3. The summed E-state index contributed by atoms with van der Waals surface area (Å²) in [5.41, 5.74) is 11.4. The SMILES string of the molecule is c1cc(-n2c3ccccc3c3ccccc32)cc(-n2c3ccccc3c3c4c5ccccc5c5nc6ccccc6n5c4ccc32)c1. The molecule has 47 heavy (non-hydrogen) atoms. The number of pyridine rings is 1. The van der Waals surface area contributed by atoms with E-state index >= 15 is 0 Å². The molecule has 0 unspecified atom stereocenters. The van der Waals surface area contributed by atoms with Crippen molar-refractivity contribution in [2.24, 2.45) is 0 Å². The summed E-state index contributed by atoms with van der Waals surface area (Å²) in [6, 6.07) is 57.0. The largest absolute Gasteiger partial charge is 0.309 e. The highest BCUT2D eigenvalue weighted by Crippen LogP contribution is 2.42. The lowest BCUT2D eigenvalue weighted by Gasteiger charge is -2.14. The topological polar surface area (TPSA) is 27.2 Å². The fraction of sp³-hybridized carbons (Fsp3) is 0. The van der Waals surface area contributed by atoms with Gasteiger partial charge in [0.25, 0.3) is 0 Å². The first-order valence-electron chi connectivity index (χ1n) is 16.1. The summed E-state index contributed by atoms with van der Waals surface area (Å²) >= 11 is 0. The number of benzene rings is 7. The van der Waals surface area contributed by atoms with Crippen molar-refractivity contribution in [3.63, 3.8) is 0 Å². The number of hydrogen-bond acceptors (Lipinski definition) is 1. The van der Waals surface area contributed by atoms with Gasteiger partial charge in [0.1, 0.15) is 5.65 Å². The number of aromatic nitrogens is 4. The molecule has 0 bridgehead atoms. The second-order valence-electron chi connectivity index (χ2n) is 12.4. The van der Waals surface area contributed by atoms with Gasteiger partial charge in [0.05, 0.1) is 38.6 Å². The third-order valence-corrected chi connectivity index (χ3v) is 9.98. The van der Waals surface area contributed by atoms with Crippen LogP contribution in [0.1, 0.15) is 0 Å². The number of para-hydroxylation sites is 5. The molecule has 0 atom stereocenters. The van der Waals surface area contributed by atoms with Gasteiger partial charge >= 0.3 is 0 Å². The molecule has 0 aliphatic heterocycles. The Bertz CT molecular complexity index is 3030. The van der Waals surface area contributed by atoms with Gasteiger partial charge in [-0.25, -0.2) is 4.98 Å². The van der Waals surface area contributed by atoms with Crippen LogP contribution in [0, 0.1) is 0 Å². The van der Waals surface area contributed by atoms with Gasteiger partial charge in [-0.1, -0.05) is 97.1 Å². The minimum absolute atomic E-state index is 0.997. The zero-order valence-corrected chi connectivity index (χ0v) is 25.3. The maximum Gasteiger partial charge on any atom is 0.146 e. The van der Waals surface area contributed by atoms with E-state index in [9.17, 15) is 0 Å². The lowest BCUT2D eigenvalue weighted by Crippen LogP contribution is -1.98. The molecule has 0 N–H and O–H groups in total. The third kappa shape index (κ3) is 3.23.